The number of aryl methyl sites for hydroxylation is 1. The van der Waals surface area contributed by atoms with Crippen molar-refractivity contribution in [2.45, 2.75) is 6.92 Å². The largest absolute Gasteiger partial charge is 0.495 e. The quantitative estimate of drug-likeness (QED) is 0.667. The van der Waals surface area contributed by atoms with Crippen LogP contribution in [0.15, 0.2) is 36.4 Å². The summed E-state index contributed by atoms with van der Waals surface area (Å²) in [7, 11) is 1.51. The molecule has 0 aromatic heterocycles. The Hall–Kier alpha value is -2.61. The van der Waals surface area contributed by atoms with E-state index in [1.54, 1.807) is 36.4 Å². The molecule has 154 valence electrons. The summed E-state index contributed by atoms with van der Waals surface area (Å²) in [5.41, 5.74) is 2.16. The van der Waals surface area contributed by atoms with Crippen molar-refractivity contribution in [3.05, 3.63) is 52.5 Å². The van der Waals surface area contributed by atoms with Crippen molar-refractivity contribution in [1.29, 1.82) is 0 Å². The minimum absolute atomic E-state index is 0.137. The van der Waals surface area contributed by atoms with E-state index in [2.05, 4.69) is 10.6 Å². The number of hydrogen-bond acceptors (Lipinski definition) is 4. The maximum atomic E-state index is 12.9. The molecule has 29 heavy (non-hydrogen) atoms. The second-order valence-corrected chi connectivity index (χ2v) is 7.30. The Bertz CT molecular complexity index is 897. The molecule has 1 aliphatic heterocycles. The van der Waals surface area contributed by atoms with Crippen LogP contribution in [0.2, 0.25) is 5.02 Å². The van der Waals surface area contributed by atoms with Gasteiger partial charge >= 0.3 is 0 Å². The zero-order valence-corrected chi connectivity index (χ0v) is 17.3. The summed E-state index contributed by atoms with van der Waals surface area (Å²) < 4.78 is 10.6. The molecule has 7 nitrogen and oxygen atoms in total. The zero-order chi connectivity index (χ0) is 20.8. The first-order valence-electron chi connectivity index (χ1n) is 9.43. The summed E-state index contributed by atoms with van der Waals surface area (Å²) in [6.45, 7) is 5.09. The number of amides is 2. The van der Waals surface area contributed by atoms with Crippen molar-refractivity contribution in [2.24, 2.45) is 0 Å². The third-order valence-corrected chi connectivity index (χ3v) is 5.19. The van der Waals surface area contributed by atoms with Gasteiger partial charge in [-0.1, -0.05) is 23.7 Å². The Balaban J connectivity index is 1.73. The molecule has 0 unspecified atom stereocenters. The van der Waals surface area contributed by atoms with Gasteiger partial charge in [0.05, 0.1) is 37.3 Å². The summed E-state index contributed by atoms with van der Waals surface area (Å²) in [6, 6.07) is 10.3. The monoisotopic (exact) mass is 418 g/mol. The fourth-order valence-electron chi connectivity index (χ4n) is 3.17. The van der Waals surface area contributed by atoms with E-state index in [-0.39, 0.29) is 11.8 Å². The van der Waals surface area contributed by atoms with Crippen LogP contribution in [-0.2, 0) is 9.53 Å². The SMILES string of the molecule is COc1cc(Cl)c(C)cc1NC(=O)c1ccccc1NC(=O)C[NH+]1CCOCC1. The predicted octanol–water partition coefficient (Wildman–Crippen LogP) is 1.76. The van der Waals surface area contributed by atoms with E-state index in [0.29, 0.717) is 47.5 Å². The van der Waals surface area contributed by atoms with Crippen molar-refractivity contribution in [3.63, 3.8) is 0 Å². The number of carbonyl (C=O) groups excluding carboxylic acids is 2. The lowest BCUT2D eigenvalue weighted by Gasteiger charge is -2.23. The number of halogens is 1. The molecule has 0 aliphatic carbocycles. The Kier molecular flexibility index (Phi) is 7.09. The number of anilines is 2. The molecular weight excluding hydrogens is 394 g/mol. The van der Waals surface area contributed by atoms with Gasteiger partial charge in [0.25, 0.3) is 11.8 Å². The first-order valence-corrected chi connectivity index (χ1v) is 9.81. The third kappa shape index (κ3) is 5.47. The number of hydrogen-bond donors (Lipinski definition) is 3. The van der Waals surface area contributed by atoms with Crippen LogP contribution in [0.4, 0.5) is 11.4 Å². The molecule has 2 aromatic carbocycles. The maximum absolute atomic E-state index is 12.9. The van der Waals surface area contributed by atoms with Gasteiger partial charge in [-0.25, -0.2) is 0 Å². The number of rotatable bonds is 6. The average molecular weight is 419 g/mol. The van der Waals surface area contributed by atoms with E-state index in [0.717, 1.165) is 23.6 Å². The minimum Gasteiger partial charge on any atom is -0.495 e. The average Bonchev–Trinajstić information content (AvgIpc) is 2.71. The molecule has 2 amide bonds. The smallest absolute Gasteiger partial charge is 0.279 e. The predicted molar refractivity (Wildman–Crippen MR) is 112 cm³/mol. The van der Waals surface area contributed by atoms with Gasteiger partial charge in [-0.05, 0) is 30.7 Å². The van der Waals surface area contributed by atoms with Gasteiger partial charge in [0.1, 0.15) is 18.8 Å². The summed E-state index contributed by atoms with van der Waals surface area (Å²) in [6.07, 6.45) is 0. The molecule has 0 saturated carbocycles. The minimum atomic E-state index is -0.348. The van der Waals surface area contributed by atoms with Gasteiger partial charge in [0, 0.05) is 11.1 Å². The topological polar surface area (TPSA) is 81.1 Å². The van der Waals surface area contributed by atoms with Crippen LogP contribution in [0.25, 0.3) is 0 Å². The lowest BCUT2D eigenvalue weighted by atomic mass is 10.1. The molecule has 1 saturated heterocycles. The first-order chi connectivity index (χ1) is 14.0. The molecule has 1 aliphatic rings. The fourth-order valence-corrected chi connectivity index (χ4v) is 3.32. The number of benzene rings is 2. The number of carbonyl (C=O) groups is 2. The molecule has 3 rings (SSSR count). The van der Waals surface area contributed by atoms with E-state index in [1.807, 2.05) is 6.92 Å². The Morgan fingerprint density at radius 1 is 1.14 bits per heavy atom. The molecule has 0 bridgehead atoms. The lowest BCUT2D eigenvalue weighted by Crippen LogP contribution is -3.15. The number of nitrogens with one attached hydrogen (secondary N) is 3. The van der Waals surface area contributed by atoms with Crippen molar-refractivity contribution in [2.75, 3.05) is 50.6 Å². The fraction of sp³-hybridized carbons (Fsp3) is 0.333. The normalized spacial score (nSPS) is 14.3. The van der Waals surface area contributed by atoms with Gasteiger partial charge < -0.3 is 25.0 Å². The Morgan fingerprint density at radius 2 is 1.86 bits per heavy atom. The highest BCUT2D eigenvalue weighted by Gasteiger charge is 2.20. The van der Waals surface area contributed by atoms with Crippen molar-refractivity contribution in [3.8, 4) is 5.75 Å². The summed E-state index contributed by atoms with van der Waals surface area (Å²) in [5, 5.41) is 6.26. The van der Waals surface area contributed by atoms with Gasteiger partial charge in [-0.3, -0.25) is 9.59 Å². The van der Waals surface area contributed by atoms with Crippen LogP contribution in [0, 0.1) is 6.92 Å². The van der Waals surface area contributed by atoms with E-state index >= 15 is 0 Å². The summed E-state index contributed by atoms with van der Waals surface area (Å²) in [5.74, 6) is -0.0203. The van der Waals surface area contributed by atoms with Crippen LogP contribution in [0.3, 0.4) is 0 Å². The second-order valence-electron chi connectivity index (χ2n) is 6.89. The van der Waals surface area contributed by atoms with Crippen LogP contribution in [0.1, 0.15) is 15.9 Å². The molecule has 1 heterocycles. The van der Waals surface area contributed by atoms with Crippen LogP contribution < -0.4 is 20.3 Å². The second kappa shape index (κ2) is 9.73. The number of methoxy groups -OCH3 is 1. The van der Waals surface area contributed by atoms with Crippen LogP contribution in [-0.4, -0.2) is 51.8 Å². The number of para-hydroxylation sites is 1. The Labute approximate surface area is 174 Å². The molecule has 0 spiro atoms. The number of morpholine rings is 1. The van der Waals surface area contributed by atoms with Gasteiger partial charge in [0.2, 0.25) is 0 Å². The molecule has 3 N–H and O–H groups in total. The highest BCUT2D eigenvalue weighted by atomic mass is 35.5. The van der Waals surface area contributed by atoms with Gasteiger partial charge in [-0.2, -0.15) is 0 Å². The van der Waals surface area contributed by atoms with E-state index in [4.69, 9.17) is 21.1 Å². The van der Waals surface area contributed by atoms with E-state index in [1.165, 1.54) is 7.11 Å². The highest BCUT2D eigenvalue weighted by molar-refractivity contribution is 6.31. The number of ether oxygens (including phenoxy) is 2. The van der Waals surface area contributed by atoms with Crippen LogP contribution in [0.5, 0.6) is 5.75 Å². The van der Waals surface area contributed by atoms with E-state index < -0.39 is 0 Å². The first kappa shape index (κ1) is 21.1. The van der Waals surface area contributed by atoms with Crippen molar-refractivity contribution >= 4 is 34.8 Å². The van der Waals surface area contributed by atoms with Crippen molar-refractivity contribution < 1.29 is 24.0 Å². The maximum Gasteiger partial charge on any atom is 0.279 e. The van der Waals surface area contributed by atoms with Gasteiger partial charge in [-0.15, -0.1) is 0 Å². The molecule has 0 atom stereocenters. The lowest BCUT2D eigenvalue weighted by molar-refractivity contribution is -0.899. The standard InChI is InChI=1S/C21H24ClN3O4/c1-14-11-18(19(28-2)12-16(14)22)24-21(27)15-5-3-4-6-17(15)23-20(26)13-25-7-9-29-10-8-25/h3-6,11-12H,7-10,13H2,1-2H3,(H,23,26)(H,24,27)/p+1. The molecule has 1 fully saturated rings. The molecule has 8 heteroatoms. The summed E-state index contributed by atoms with van der Waals surface area (Å²) in [4.78, 5) is 26.5. The zero-order valence-electron chi connectivity index (χ0n) is 16.5. The van der Waals surface area contributed by atoms with E-state index in [9.17, 15) is 9.59 Å². The molecule has 0 radical (unpaired) electrons. The third-order valence-electron chi connectivity index (χ3n) is 4.79. The molecule has 2 aromatic rings. The van der Waals surface area contributed by atoms with Gasteiger partial charge in [0.15, 0.2) is 6.54 Å². The summed E-state index contributed by atoms with van der Waals surface area (Å²) >= 11 is 6.13. The number of quaternary nitrogens is 1. The highest BCUT2D eigenvalue weighted by Crippen LogP contribution is 2.31. The van der Waals surface area contributed by atoms with Crippen molar-refractivity contribution in [1.82, 2.24) is 0 Å². The van der Waals surface area contributed by atoms with Crippen LogP contribution >= 0.6 is 11.6 Å². The molecular formula is C21H25ClN3O4+. The Morgan fingerprint density at radius 3 is 2.59 bits per heavy atom.